The molecular formula is C80H74N2. The fourth-order valence-electron chi connectivity index (χ4n) is 16.7. The van der Waals surface area contributed by atoms with Crippen molar-refractivity contribution in [1.29, 1.82) is 0 Å². The van der Waals surface area contributed by atoms with E-state index >= 15 is 0 Å². The molecule has 0 heterocycles. The van der Waals surface area contributed by atoms with Gasteiger partial charge in [0.2, 0.25) is 0 Å². The second-order valence-corrected chi connectivity index (χ2v) is 27.9. The Balaban J connectivity index is 0.889. The minimum absolute atomic E-state index is 0.132. The highest BCUT2D eigenvalue weighted by atomic mass is 15.2. The van der Waals surface area contributed by atoms with E-state index in [1.54, 1.807) is 0 Å². The van der Waals surface area contributed by atoms with Gasteiger partial charge in [0.05, 0.1) is 0 Å². The van der Waals surface area contributed by atoms with Crippen LogP contribution in [0, 0.1) is 13.8 Å². The van der Waals surface area contributed by atoms with Crippen LogP contribution in [0.1, 0.15) is 155 Å². The van der Waals surface area contributed by atoms with Crippen molar-refractivity contribution in [3.05, 3.63) is 273 Å². The van der Waals surface area contributed by atoms with E-state index in [-0.39, 0.29) is 32.5 Å². The fraction of sp³-hybridized carbons (Fsp3) is 0.250. The number of anilines is 6. The van der Waals surface area contributed by atoms with Crippen molar-refractivity contribution in [3.63, 3.8) is 0 Å². The zero-order valence-corrected chi connectivity index (χ0v) is 50.2. The summed E-state index contributed by atoms with van der Waals surface area (Å²) in [5.74, 6) is 0. The normalized spacial score (nSPS) is 18.5. The van der Waals surface area contributed by atoms with E-state index in [9.17, 15) is 0 Å². The number of hydrogen-bond donors (Lipinski definition) is 0. The molecule has 0 fully saturated rings. The fourth-order valence-corrected chi connectivity index (χ4v) is 16.7. The number of aryl methyl sites for hydroxylation is 2. The van der Waals surface area contributed by atoms with Crippen LogP contribution in [0.25, 0.3) is 44.5 Å². The molecule has 0 aliphatic heterocycles. The summed E-state index contributed by atoms with van der Waals surface area (Å²) in [5.41, 5.74) is 34.7. The minimum Gasteiger partial charge on any atom is -0.310 e. The molecule has 10 aromatic rings. The van der Waals surface area contributed by atoms with Crippen LogP contribution in [0.5, 0.6) is 0 Å². The topological polar surface area (TPSA) is 6.48 Å². The van der Waals surface area contributed by atoms with E-state index in [0.717, 1.165) is 6.42 Å². The summed E-state index contributed by atoms with van der Waals surface area (Å²) in [4.78, 5) is 5.18. The van der Waals surface area contributed by atoms with Crippen molar-refractivity contribution in [2.45, 2.75) is 129 Å². The van der Waals surface area contributed by atoms with Gasteiger partial charge in [0.25, 0.3) is 0 Å². The smallest absolute Gasteiger partial charge is 0.0493 e. The third kappa shape index (κ3) is 6.88. The van der Waals surface area contributed by atoms with Crippen LogP contribution in [-0.4, -0.2) is 0 Å². The second kappa shape index (κ2) is 17.0. The van der Waals surface area contributed by atoms with Crippen LogP contribution in [0.4, 0.5) is 34.1 Å². The molecule has 0 N–H and O–H groups in total. The van der Waals surface area contributed by atoms with E-state index in [1.807, 2.05) is 0 Å². The molecule has 15 rings (SSSR count). The van der Waals surface area contributed by atoms with E-state index in [2.05, 4.69) is 300 Å². The van der Waals surface area contributed by atoms with Gasteiger partial charge < -0.3 is 9.80 Å². The van der Waals surface area contributed by atoms with Gasteiger partial charge in [-0.2, -0.15) is 0 Å². The second-order valence-electron chi connectivity index (χ2n) is 27.9. The monoisotopic (exact) mass is 1060 g/mol. The lowest BCUT2D eigenvalue weighted by atomic mass is 9.74. The van der Waals surface area contributed by atoms with Gasteiger partial charge in [-0.25, -0.2) is 0 Å². The van der Waals surface area contributed by atoms with Crippen molar-refractivity contribution < 1.29 is 0 Å². The van der Waals surface area contributed by atoms with Crippen LogP contribution in [0.2, 0.25) is 0 Å². The molecule has 1 unspecified atom stereocenters. The highest BCUT2D eigenvalue weighted by molar-refractivity contribution is 5.92. The van der Waals surface area contributed by atoms with Gasteiger partial charge in [-0.15, -0.1) is 0 Å². The molecule has 1 atom stereocenters. The van der Waals surface area contributed by atoms with Crippen molar-refractivity contribution in [2.24, 2.45) is 0 Å². The maximum Gasteiger partial charge on any atom is 0.0493 e. The summed E-state index contributed by atoms with van der Waals surface area (Å²) in [6.45, 7) is 31.4. The first-order valence-corrected chi connectivity index (χ1v) is 30.0. The van der Waals surface area contributed by atoms with Gasteiger partial charge >= 0.3 is 0 Å². The molecule has 0 spiro atoms. The molecule has 0 amide bonds. The molecule has 0 aromatic heterocycles. The van der Waals surface area contributed by atoms with Crippen molar-refractivity contribution in [1.82, 2.24) is 0 Å². The number of hydrogen-bond acceptors (Lipinski definition) is 2. The van der Waals surface area contributed by atoms with E-state index < -0.39 is 0 Å². The molecular weight excluding hydrogens is 989 g/mol. The molecule has 404 valence electrons. The van der Waals surface area contributed by atoms with E-state index in [0.29, 0.717) is 0 Å². The van der Waals surface area contributed by atoms with Gasteiger partial charge in [0, 0.05) is 61.2 Å². The van der Waals surface area contributed by atoms with E-state index in [4.69, 9.17) is 0 Å². The standard InChI is InChI=1S/C80H74N2/c1-48-30-31-50(41-73(48)81(51-32-36-59-55-22-14-18-26-63(55)76(5,6)67(59)42-51)52-33-37-60-56-23-15-19-27-64(56)77(7,8)68(60)43-52)80(13)47-75(3,4)71-46-74(49(2)40-72(71)80)82(53-34-38-61-57-24-16-20-28-65(57)78(9,10)69(61)44-53)54-35-39-62-58-25-17-21-29-66(58)79(11,12)70(62)45-54/h14-46H,47H2,1-13H3. The molecule has 2 heteroatoms. The average Bonchev–Trinajstić information content (AvgIpc) is 4.30. The molecule has 0 radical (unpaired) electrons. The minimum atomic E-state index is -0.281. The molecule has 0 saturated carbocycles. The molecule has 10 aromatic carbocycles. The van der Waals surface area contributed by atoms with Gasteiger partial charge in [-0.3, -0.25) is 0 Å². The Morgan fingerprint density at radius 3 is 0.939 bits per heavy atom. The van der Waals surface area contributed by atoms with Gasteiger partial charge in [0.1, 0.15) is 0 Å². The predicted octanol–water partition coefficient (Wildman–Crippen LogP) is 21.5. The lowest BCUT2D eigenvalue weighted by Crippen LogP contribution is -2.24. The Bertz CT molecular complexity index is 4190. The third-order valence-electron chi connectivity index (χ3n) is 21.1. The number of nitrogens with zero attached hydrogens (tertiary/aromatic N) is 2. The number of benzene rings is 10. The molecule has 0 saturated heterocycles. The van der Waals surface area contributed by atoms with Crippen molar-refractivity contribution in [3.8, 4) is 44.5 Å². The predicted molar refractivity (Wildman–Crippen MR) is 346 cm³/mol. The SMILES string of the molecule is Cc1ccc(C2(C)CC(C)(C)c3cc(N(c4ccc5c(c4)C(C)(C)c4ccccc4-5)c4ccc5c(c4)C(C)(C)c4ccccc4-5)c(C)cc32)cc1N(c1ccc2c(c1)C(C)(C)c1ccccc1-2)c1ccc2c(c1)C(C)(C)c1ccccc1-2. The van der Waals surface area contributed by atoms with Crippen LogP contribution in [0.15, 0.2) is 200 Å². The Labute approximate surface area is 487 Å². The lowest BCUT2D eigenvalue weighted by Gasteiger charge is -2.34. The molecule has 5 aliphatic rings. The zero-order valence-electron chi connectivity index (χ0n) is 50.2. The maximum absolute atomic E-state index is 2.59. The van der Waals surface area contributed by atoms with Gasteiger partial charge in [-0.1, -0.05) is 216 Å². The summed E-state index contributed by atoms with van der Waals surface area (Å²) in [6.07, 6.45) is 0.980. The highest BCUT2D eigenvalue weighted by Crippen LogP contribution is 2.59. The Morgan fingerprint density at radius 1 is 0.268 bits per heavy atom. The summed E-state index contributed by atoms with van der Waals surface area (Å²) >= 11 is 0. The van der Waals surface area contributed by atoms with Crippen LogP contribution >= 0.6 is 0 Å². The summed E-state index contributed by atoms with van der Waals surface area (Å²) in [5, 5.41) is 0. The van der Waals surface area contributed by atoms with Crippen LogP contribution in [-0.2, 0) is 32.5 Å². The van der Waals surface area contributed by atoms with Crippen molar-refractivity contribution in [2.75, 3.05) is 9.80 Å². The third-order valence-corrected chi connectivity index (χ3v) is 21.1. The Kier molecular flexibility index (Phi) is 10.5. The number of rotatable bonds is 7. The maximum atomic E-state index is 2.59. The number of fused-ring (bicyclic) bond motifs is 13. The largest absolute Gasteiger partial charge is 0.310 e. The summed E-state index contributed by atoms with van der Waals surface area (Å²) in [7, 11) is 0. The van der Waals surface area contributed by atoms with Crippen LogP contribution < -0.4 is 9.80 Å². The molecule has 82 heavy (non-hydrogen) atoms. The lowest BCUT2D eigenvalue weighted by molar-refractivity contribution is 0.425. The summed E-state index contributed by atoms with van der Waals surface area (Å²) < 4.78 is 0. The molecule has 5 aliphatic carbocycles. The zero-order chi connectivity index (χ0) is 56.8. The van der Waals surface area contributed by atoms with Crippen molar-refractivity contribution >= 4 is 34.1 Å². The average molecular weight is 1060 g/mol. The van der Waals surface area contributed by atoms with E-state index in [1.165, 1.54) is 151 Å². The first-order chi connectivity index (χ1) is 39.1. The first-order valence-electron chi connectivity index (χ1n) is 30.0. The quantitative estimate of drug-likeness (QED) is 0.157. The van der Waals surface area contributed by atoms with Crippen LogP contribution in [0.3, 0.4) is 0 Å². The Morgan fingerprint density at radius 2 is 0.585 bits per heavy atom. The molecule has 2 nitrogen and oxygen atoms in total. The Hall–Kier alpha value is -8.20. The van der Waals surface area contributed by atoms with Gasteiger partial charge in [0.15, 0.2) is 0 Å². The van der Waals surface area contributed by atoms with Gasteiger partial charge in [-0.05, 0) is 203 Å². The first kappa shape index (κ1) is 50.7. The summed E-state index contributed by atoms with van der Waals surface area (Å²) in [6, 6.07) is 77.7. The highest BCUT2D eigenvalue weighted by Gasteiger charge is 2.48. The molecule has 0 bridgehead atoms.